The number of pyridine rings is 1. The van der Waals surface area contributed by atoms with Gasteiger partial charge in [-0.3, -0.25) is 19.3 Å². The molecule has 42 heavy (non-hydrogen) atoms. The smallest absolute Gasteiger partial charge is 0.322 e. The lowest BCUT2D eigenvalue weighted by Crippen LogP contribution is -2.44. The average Bonchev–Trinajstić information content (AvgIpc) is 2.94. The Hall–Kier alpha value is -4.01. The summed E-state index contributed by atoms with van der Waals surface area (Å²) < 4.78 is 56.3. The van der Waals surface area contributed by atoms with Crippen LogP contribution in [-0.4, -0.2) is 44.8 Å². The summed E-state index contributed by atoms with van der Waals surface area (Å²) in [5.41, 5.74) is 0.545. The number of anilines is 2. The first-order valence-corrected chi connectivity index (χ1v) is 15.7. The molecule has 1 atom stereocenters. The highest BCUT2D eigenvalue weighted by Gasteiger charge is 2.27. The minimum Gasteiger partial charge on any atom is -0.480 e. The number of halogens is 2. The molecule has 4 rings (SSSR count). The van der Waals surface area contributed by atoms with Crippen LogP contribution < -0.4 is 14.8 Å². The normalized spacial score (nSPS) is 12.3. The molecule has 0 saturated heterocycles. The summed E-state index contributed by atoms with van der Waals surface area (Å²) in [6.45, 7) is 0. The second kappa shape index (κ2) is 12.9. The SMILES string of the molecule is O=C(Nc1ccc(CC(NS(=O)(=O)Nc2ccccc2S(=O)(=O)c2ccccc2)C(=O)O)cc1)c1c(Cl)cncc1Cl. The summed E-state index contributed by atoms with van der Waals surface area (Å²) in [6.07, 6.45) is 2.28. The van der Waals surface area contributed by atoms with Gasteiger partial charge < -0.3 is 10.4 Å². The third-order valence-corrected chi connectivity index (χ3v) is 9.29. The van der Waals surface area contributed by atoms with Gasteiger partial charge in [-0.15, -0.1) is 0 Å². The van der Waals surface area contributed by atoms with Gasteiger partial charge in [0.1, 0.15) is 6.04 Å². The van der Waals surface area contributed by atoms with Gasteiger partial charge in [0, 0.05) is 18.1 Å². The van der Waals surface area contributed by atoms with Crippen molar-refractivity contribution >= 4 is 66.5 Å². The molecule has 0 aliphatic heterocycles. The van der Waals surface area contributed by atoms with Crippen molar-refractivity contribution in [1.29, 1.82) is 0 Å². The number of aromatic nitrogens is 1. The highest BCUT2D eigenvalue weighted by atomic mass is 35.5. The largest absolute Gasteiger partial charge is 0.480 e. The number of nitrogens with one attached hydrogen (secondary N) is 3. The molecule has 0 spiro atoms. The fourth-order valence-electron chi connectivity index (χ4n) is 3.83. The van der Waals surface area contributed by atoms with E-state index in [2.05, 4.69) is 19.7 Å². The number of carbonyl (C=O) groups excluding carboxylic acids is 1. The second-order valence-electron chi connectivity index (χ2n) is 8.76. The Morgan fingerprint density at radius 2 is 1.43 bits per heavy atom. The number of amides is 1. The molecule has 218 valence electrons. The minimum absolute atomic E-state index is 0.0309. The van der Waals surface area contributed by atoms with Crippen LogP contribution in [0.5, 0.6) is 0 Å². The lowest BCUT2D eigenvalue weighted by atomic mass is 10.1. The van der Waals surface area contributed by atoms with Crippen LogP contribution in [0.25, 0.3) is 0 Å². The van der Waals surface area contributed by atoms with Crippen molar-refractivity contribution in [2.75, 3.05) is 10.0 Å². The monoisotopic (exact) mass is 648 g/mol. The summed E-state index contributed by atoms with van der Waals surface area (Å²) in [5.74, 6) is -2.05. The molecule has 0 aliphatic carbocycles. The van der Waals surface area contributed by atoms with Crippen molar-refractivity contribution in [3.05, 3.63) is 112 Å². The summed E-state index contributed by atoms with van der Waals surface area (Å²) in [5, 5.41) is 12.4. The zero-order valence-corrected chi connectivity index (χ0v) is 24.5. The molecule has 0 fully saturated rings. The molecule has 0 aliphatic rings. The topological polar surface area (TPSA) is 172 Å². The van der Waals surface area contributed by atoms with Gasteiger partial charge in [-0.2, -0.15) is 13.1 Å². The highest BCUT2D eigenvalue weighted by Crippen LogP contribution is 2.28. The number of hydrogen-bond acceptors (Lipinski definition) is 7. The van der Waals surface area contributed by atoms with Crippen molar-refractivity contribution in [2.24, 2.45) is 0 Å². The van der Waals surface area contributed by atoms with Gasteiger partial charge in [-0.1, -0.05) is 65.7 Å². The minimum atomic E-state index is -4.56. The quantitative estimate of drug-likeness (QED) is 0.185. The molecule has 15 heteroatoms. The molecular formula is C27H22Cl2N4O7S2. The molecule has 0 bridgehead atoms. The van der Waals surface area contributed by atoms with Crippen molar-refractivity contribution in [1.82, 2.24) is 9.71 Å². The lowest BCUT2D eigenvalue weighted by Gasteiger charge is -2.18. The number of aliphatic carboxylic acids is 1. The van der Waals surface area contributed by atoms with Gasteiger partial charge in [0.15, 0.2) is 0 Å². The Morgan fingerprint density at radius 1 is 0.833 bits per heavy atom. The van der Waals surface area contributed by atoms with Crippen LogP contribution in [0.3, 0.4) is 0 Å². The highest BCUT2D eigenvalue weighted by molar-refractivity contribution is 7.92. The van der Waals surface area contributed by atoms with Crippen LogP contribution in [0, 0.1) is 0 Å². The van der Waals surface area contributed by atoms with E-state index in [-0.39, 0.29) is 37.5 Å². The summed E-state index contributed by atoms with van der Waals surface area (Å²) in [6, 6.07) is 17.2. The number of hydrogen-bond donors (Lipinski definition) is 4. The number of sulfone groups is 1. The molecule has 11 nitrogen and oxygen atoms in total. The standard InChI is InChI=1S/C27H22Cl2N4O7S2/c28-20-15-30-16-21(29)25(20)26(34)31-18-12-10-17(11-13-18)14-23(27(35)36)33-42(39,40)32-22-8-4-5-9-24(22)41(37,38)19-6-2-1-3-7-19/h1-13,15-16,23,32-33H,14H2,(H,31,34)(H,35,36). The van der Waals surface area contributed by atoms with Crippen LogP contribution >= 0.6 is 23.2 Å². The van der Waals surface area contributed by atoms with E-state index in [1.807, 2.05) is 0 Å². The molecule has 4 aromatic rings. The second-order valence-corrected chi connectivity index (χ2v) is 12.9. The Kier molecular flexibility index (Phi) is 9.49. The fourth-order valence-corrected chi connectivity index (χ4v) is 6.96. The van der Waals surface area contributed by atoms with E-state index in [0.29, 0.717) is 11.3 Å². The Morgan fingerprint density at radius 3 is 2.05 bits per heavy atom. The number of rotatable bonds is 11. The van der Waals surface area contributed by atoms with Gasteiger partial charge >= 0.3 is 5.97 Å². The molecule has 0 saturated carbocycles. The lowest BCUT2D eigenvalue weighted by molar-refractivity contribution is -0.138. The van der Waals surface area contributed by atoms with E-state index in [9.17, 15) is 31.5 Å². The number of carboxylic acid groups (broad SMARTS) is 1. The third-order valence-electron chi connectivity index (χ3n) is 5.80. The van der Waals surface area contributed by atoms with Gasteiger partial charge in [0.25, 0.3) is 16.1 Å². The van der Waals surface area contributed by atoms with Crippen molar-refractivity contribution in [3.63, 3.8) is 0 Å². The summed E-state index contributed by atoms with van der Waals surface area (Å²) in [7, 11) is -8.65. The maximum absolute atomic E-state index is 13.1. The number of carboxylic acids is 1. The molecular weight excluding hydrogens is 627 g/mol. The van der Waals surface area contributed by atoms with E-state index in [1.54, 1.807) is 6.07 Å². The Labute approximate surface area is 251 Å². The van der Waals surface area contributed by atoms with E-state index in [0.717, 1.165) is 0 Å². The van der Waals surface area contributed by atoms with Gasteiger partial charge in [0.05, 0.1) is 31.1 Å². The molecule has 0 radical (unpaired) electrons. The first-order chi connectivity index (χ1) is 19.9. The molecule has 3 aromatic carbocycles. The van der Waals surface area contributed by atoms with Crippen LogP contribution in [0.15, 0.2) is 101 Å². The first kappa shape index (κ1) is 30.9. The van der Waals surface area contributed by atoms with Crippen molar-refractivity contribution in [2.45, 2.75) is 22.3 Å². The molecule has 1 aromatic heterocycles. The fraction of sp³-hybridized carbons (Fsp3) is 0.0741. The van der Waals surface area contributed by atoms with Crippen LogP contribution in [0.4, 0.5) is 11.4 Å². The number of para-hydroxylation sites is 1. The Balaban J connectivity index is 1.47. The van der Waals surface area contributed by atoms with E-state index >= 15 is 0 Å². The van der Waals surface area contributed by atoms with E-state index < -0.39 is 38.0 Å². The van der Waals surface area contributed by atoms with Gasteiger partial charge in [-0.25, -0.2) is 8.42 Å². The first-order valence-electron chi connectivity index (χ1n) is 12.0. The molecule has 1 heterocycles. The zero-order valence-electron chi connectivity index (χ0n) is 21.4. The maximum Gasteiger partial charge on any atom is 0.322 e. The molecule has 4 N–H and O–H groups in total. The number of carbonyl (C=O) groups is 2. The summed E-state index contributed by atoms with van der Waals surface area (Å²) in [4.78, 5) is 28.0. The molecule has 1 amide bonds. The average molecular weight is 650 g/mol. The predicted octanol–water partition coefficient (Wildman–Crippen LogP) is 4.42. The van der Waals surface area contributed by atoms with Gasteiger partial charge in [0.2, 0.25) is 9.84 Å². The van der Waals surface area contributed by atoms with Crippen molar-refractivity contribution < 1.29 is 31.5 Å². The van der Waals surface area contributed by atoms with E-state index in [1.165, 1.54) is 85.2 Å². The predicted molar refractivity (Wildman–Crippen MR) is 158 cm³/mol. The van der Waals surface area contributed by atoms with Gasteiger partial charge in [-0.05, 0) is 48.4 Å². The maximum atomic E-state index is 13.1. The Bertz CT molecular complexity index is 1820. The number of nitrogens with zero attached hydrogens (tertiary/aromatic N) is 1. The number of benzene rings is 3. The van der Waals surface area contributed by atoms with Crippen molar-refractivity contribution in [3.8, 4) is 0 Å². The summed E-state index contributed by atoms with van der Waals surface area (Å²) >= 11 is 12.0. The van der Waals surface area contributed by atoms with Crippen LogP contribution in [0.2, 0.25) is 10.0 Å². The van der Waals surface area contributed by atoms with Crippen LogP contribution in [0.1, 0.15) is 15.9 Å². The van der Waals surface area contributed by atoms with Crippen LogP contribution in [-0.2, 0) is 31.3 Å². The zero-order chi connectivity index (χ0) is 30.5. The molecule has 1 unspecified atom stereocenters. The third kappa shape index (κ3) is 7.43. The van der Waals surface area contributed by atoms with E-state index in [4.69, 9.17) is 23.2 Å².